The van der Waals surface area contributed by atoms with E-state index in [1.807, 2.05) is 0 Å². The van der Waals surface area contributed by atoms with Crippen molar-refractivity contribution in [1.29, 1.82) is 0 Å². The topological polar surface area (TPSA) is 21.3 Å². The van der Waals surface area contributed by atoms with E-state index < -0.39 is 0 Å². The molecule has 1 aromatic carbocycles. The van der Waals surface area contributed by atoms with Gasteiger partial charge in [-0.15, -0.1) is 0 Å². The van der Waals surface area contributed by atoms with E-state index in [9.17, 15) is 4.39 Å². The third-order valence-corrected chi connectivity index (χ3v) is 3.24. The zero-order valence-corrected chi connectivity index (χ0v) is 9.27. The largest absolute Gasteiger partial charge is 0.375 e. The predicted molar refractivity (Wildman–Crippen MR) is 57.7 cm³/mol. The van der Waals surface area contributed by atoms with Crippen molar-refractivity contribution in [3.05, 3.63) is 34.6 Å². The molecule has 1 fully saturated rings. The Kier molecular flexibility index (Phi) is 2.96. The minimum absolute atomic E-state index is 0.258. The first-order valence-electron chi connectivity index (χ1n) is 4.86. The molecule has 2 rings (SSSR count). The van der Waals surface area contributed by atoms with Crippen LogP contribution in [0.2, 0.25) is 5.02 Å². The summed E-state index contributed by atoms with van der Waals surface area (Å²) < 4.78 is 18.9. The lowest BCUT2D eigenvalue weighted by Gasteiger charge is -2.41. The van der Waals surface area contributed by atoms with Crippen LogP contribution in [-0.2, 0) is 11.2 Å². The highest BCUT2D eigenvalue weighted by Crippen LogP contribution is 2.27. The minimum atomic E-state index is -0.286. The molecule has 1 aliphatic heterocycles. The van der Waals surface area contributed by atoms with Crippen molar-refractivity contribution >= 4 is 11.6 Å². The first-order chi connectivity index (χ1) is 7.17. The van der Waals surface area contributed by atoms with Crippen LogP contribution in [0.1, 0.15) is 5.56 Å². The van der Waals surface area contributed by atoms with E-state index in [-0.39, 0.29) is 11.4 Å². The first-order valence-corrected chi connectivity index (χ1v) is 5.23. The van der Waals surface area contributed by atoms with Crippen LogP contribution in [0.25, 0.3) is 0 Å². The van der Waals surface area contributed by atoms with Crippen molar-refractivity contribution in [1.82, 2.24) is 5.32 Å². The molecule has 1 aromatic rings. The van der Waals surface area contributed by atoms with E-state index >= 15 is 0 Å². The van der Waals surface area contributed by atoms with E-state index in [0.29, 0.717) is 17.0 Å². The molecule has 2 nitrogen and oxygen atoms in total. The molecule has 1 aliphatic rings. The lowest BCUT2D eigenvalue weighted by molar-refractivity contribution is -0.0507. The Morgan fingerprint density at radius 3 is 2.73 bits per heavy atom. The number of nitrogens with one attached hydrogen (secondary N) is 1. The maximum atomic E-state index is 13.5. The molecule has 0 aromatic heterocycles. The van der Waals surface area contributed by atoms with Gasteiger partial charge in [-0.25, -0.2) is 4.39 Å². The lowest BCUT2D eigenvalue weighted by Crippen LogP contribution is -2.62. The number of hydrogen-bond acceptors (Lipinski definition) is 2. The highest BCUT2D eigenvalue weighted by molar-refractivity contribution is 6.31. The molecule has 0 spiro atoms. The summed E-state index contributed by atoms with van der Waals surface area (Å²) in [6.45, 7) is 1.49. The molecule has 1 saturated heterocycles. The van der Waals surface area contributed by atoms with Crippen molar-refractivity contribution in [3.8, 4) is 0 Å². The number of methoxy groups -OCH3 is 1. The average Bonchev–Trinajstić information content (AvgIpc) is 2.15. The van der Waals surface area contributed by atoms with E-state index in [1.54, 1.807) is 19.2 Å². The molecule has 82 valence electrons. The molecule has 0 atom stereocenters. The maximum Gasteiger partial charge on any atom is 0.127 e. The van der Waals surface area contributed by atoms with Crippen molar-refractivity contribution < 1.29 is 9.13 Å². The second-order valence-electron chi connectivity index (χ2n) is 3.87. The normalized spacial score (nSPS) is 18.6. The van der Waals surface area contributed by atoms with Gasteiger partial charge in [0.05, 0.1) is 5.60 Å². The Hall–Kier alpha value is -0.640. The minimum Gasteiger partial charge on any atom is -0.375 e. The molecule has 0 unspecified atom stereocenters. The zero-order chi connectivity index (χ0) is 10.9. The molecule has 15 heavy (non-hydrogen) atoms. The van der Waals surface area contributed by atoms with Gasteiger partial charge in [-0.3, -0.25) is 0 Å². The van der Waals surface area contributed by atoms with Crippen molar-refractivity contribution in [2.45, 2.75) is 12.0 Å². The Bertz CT molecular complexity index is 340. The second-order valence-corrected chi connectivity index (χ2v) is 4.27. The summed E-state index contributed by atoms with van der Waals surface area (Å²) in [4.78, 5) is 0. The van der Waals surface area contributed by atoms with Crippen molar-refractivity contribution in [2.75, 3.05) is 20.2 Å². The Labute approximate surface area is 93.4 Å². The fourth-order valence-corrected chi connectivity index (χ4v) is 2.00. The molecular formula is C11H13ClFNO. The summed E-state index contributed by atoms with van der Waals surface area (Å²) in [5.41, 5.74) is 0.258. The van der Waals surface area contributed by atoms with Gasteiger partial charge in [-0.2, -0.15) is 0 Å². The third kappa shape index (κ3) is 2.00. The Balaban J connectivity index is 2.23. The smallest absolute Gasteiger partial charge is 0.127 e. The van der Waals surface area contributed by atoms with Gasteiger partial charge in [0.2, 0.25) is 0 Å². The van der Waals surface area contributed by atoms with Crippen LogP contribution >= 0.6 is 11.6 Å². The summed E-state index contributed by atoms with van der Waals surface area (Å²) in [7, 11) is 1.65. The van der Waals surface area contributed by atoms with Gasteiger partial charge in [-0.05, 0) is 12.1 Å². The van der Waals surface area contributed by atoms with E-state index in [2.05, 4.69) is 5.32 Å². The molecule has 0 aliphatic carbocycles. The second kappa shape index (κ2) is 4.08. The summed E-state index contributed by atoms with van der Waals surface area (Å²) in [5.74, 6) is -0.258. The summed E-state index contributed by atoms with van der Waals surface area (Å²) in [5, 5.41) is 3.59. The molecular weight excluding hydrogens is 217 g/mol. The lowest BCUT2D eigenvalue weighted by atomic mass is 9.88. The highest BCUT2D eigenvalue weighted by atomic mass is 35.5. The van der Waals surface area contributed by atoms with Crippen LogP contribution in [0.4, 0.5) is 4.39 Å². The van der Waals surface area contributed by atoms with Crippen molar-refractivity contribution in [2.24, 2.45) is 0 Å². The van der Waals surface area contributed by atoms with Gasteiger partial charge in [0.25, 0.3) is 0 Å². The van der Waals surface area contributed by atoms with Crippen LogP contribution in [0.3, 0.4) is 0 Å². The van der Waals surface area contributed by atoms with Gasteiger partial charge in [-0.1, -0.05) is 17.7 Å². The Morgan fingerprint density at radius 2 is 2.27 bits per heavy atom. The molecule has 0 bridgehead atoms. The average molecular weight is 230 g/mol. The third-order valence-electron chi connectivity index (χ3n) is 2.89. The number of rotatable bonds is 3. The van der Waals surface area contributed by atoms with Crippen LogP contribution in [0.15, 0.2) is 18.2 Å². The van der Waals surface area contributed by atoms with Crippen LogP contribution < -0.4 is 5.32 Å². The fourth-order valence-electron chi connectivity index (χ4n) is 1.77. The number of benzene rings is 1. The predicted octanol–water partition coefficient (Wildman–Crippen LogP) is 2.01. The standard InChI is InChI=1S/C11H13ClFNO/c1-15-11(6-14-7-11)5-8-9(12)3-2-4-10(8)13/h2-4,14H,5-7H2,1H3. The molecule has 1 heterocycles. The molecule has 1 N–H and O–H groups in total. The van der Waals surface area contributed by atoms with E-state index in [1.165, 1.54) is 6.07 Å². The summed E-state index contributed by atoms with van der Waals surface area (Å²) >= 11 is 5.96. The molecule has 0 saturated carbocycles. The van der Waals surface area contributed by atoms with Crippen LogP contribution in [0.5, 0.6) is 0 Å². The highest BCUT2D eigenvalue weighted by Gasteiger charge is 2.38. The van der Waals surface area contributed by atoms with Gasteiger partial charge < -0.3 is 10.1 Å². The fraction of sp³-hybridized carbons (Fsp3) is 0.455. The SMILES string of the molecule is COC1(Cc2c(F)cccc2Cl)CNC1. The molecule has 4 heteroatoms. The van der Waals surface area contributed by atoms with Gasteiger partial charge in [0, 0.05) is 37.2 Å². The first kappa shape index (κ1) is 10.9. The summed E-state index contributed by atoms with van der Waals surface area (Å²) in [6.07, 6.45) is 0.516. The molecule has 0 radical (unpaired) electrons. The monoisotopic (exact) mass is 229 g/mol. The van der Waals surface area contributed by atoms with Gasteiger partial charge in [0.15, 0.2) is 0 Å². The van der Waals surface area contributed by atoms with E-state index in [0.717, 1.165) is 13.1 Å². The summed E-state index contributed by atoms with van der Waals surface area (Å²) in [6, 6.07) is 4.74. The molecule has 0 amide bonds. The number of hydrogen-bond donors (Lipinski definition) is 1. The van der Waals surface area contributed by atoms with E-state index in [4.69, 9.17) is 16.3 Å². The zero-order valence-electron chi connectivity index (χ0n) is 8.52. The number of halogens is 2. The number of ether oxygens (including phenoxy) is 1. The quantitative estimate of drug-likeness (QED) is 0.856. The Morgan fingerprint density at radius 1 is 1.53 bits per heavy atom. The maximum absolute atomic E-state index is 13.5. The van der Waals surface area contributed by atoms with Gasteiger partial charge in [0.1, 0.15) is 5.82 Å². The van der Waals surface area contributed by atoms with Crippen LogP contribution in [0, 0.1) is 5.82 Å². The van der Waals surface area contributed by atoms with Crippen molar-refractivity contribution in [3.63, 3.8) is 0 Å². The van der Waals surface area contributed by atoms with Crippen LogP contribution in [-0.4, -0.2) is 25.8 Å². The van der Waals surface area contributed by atoms with Gasteiger partial charge >= 0.3 is 0 Å².